The van der Waals surface area contributed by atoms with E-state index in [0.717, 1.165) is 31.3 Å². The summed E-state index contributed by atoms with van der Waals surface area (Å²) in [7, 11) is 0. The Morgan fingerprint density at radius 2 is 2.05 bits per heavy atom. The highest BCUT2D eigenvalue weighted by Gasteiger charge is 2.23. The molecule has 0 aliphatic carbocycles. The third-order valence-corrected chi connectivity index (χ3v) is 3.53. The predicted octanol–water partition coefficient (Wildman–Crippen LogP) is 2.39. The van der Waals surface area contributed by atoms with E-state index in [-0.39, 0.29) is 11.3 Å². The SMILES string of the molecule is CC1CCn2c(nnc2-c2cc(N)c(F)cc2F)C1. The Morgan fingerprint density at radius 3 is 2.84 bits per heavy atom. The van der Waals surface area contributed by atoms with E-state index >= 15 is 0 Å². The van der Waals surface area contributed by atoms with Gasteiger partial charge in [-0.3, -0.25) is 0 Å². The molecule has 19 heavy (non-hydrogen) atoms. The number of fused-ring (bicyclic) bond motifs is 1. The molecule has 0 saturated carbocycles. The Kier molecular flexibility index (Phi) is 2.73. The molecule has 1 aromatic heterocycles. The molecule has 2 N–H and O–H groups in total. The highest BCUT2D eigenvalue weighted by Crippen LogP contribution is 2.29. The molecule has 6 heteroatoms. The van der Waals surface area contributed by atoms with E-state index in [1.165, 1.54) is 6.07 Å². The maximum Gasteiger partial charge on any atom is 0.167 e. The fraction of sp³-hybridized carbons (Fsp3) is 0.385. The number of nitrogens with two attached hydrogens (primary N) is 1. The summed E-state index contributed by atoms with van der Waals surface area (Å²) in [6.45, 7) is 2.89. The molecule has 3 rings (SSSR count). The van der Waals surface area contributed by atoms with Gasteiger partial charge in [0.25, 0.3) is 0 Å². The number of halogens is 2. The Morgan fingerprint density at radius 1 is 1.26 bits per heavy atom. The molecular formula is C13H14F2N4. The first kappa shape index (κ1) is 12.1. The van der Waals surface area contributed by atoms with Gasteiger partial charge in [-0.15, -0.1) is 10.2 Å². The summed E-state index contributed by atoms with van der Waals surface area (Å²) in [5.41, 5.74) is 5.61. The quantitative estimate of drug-likeness (QED) is 0.804. The van der Waals surface area contributed by atoms with Gasteiger partial charge in [0.1, 0.15) is 17.5 Å². The normalized spacial score (nSPS) is 18.4. The third kappa shape index (κ3) is 1.97. The second kappa shape index (κ2) is 4.29. The number of hydrogen-bond donors (Lipinski definition) is 1. The first-order valence-electron chi connectivity index (χ1n) is 6.23. The van der Waals surface area contributed by atoms with Crippen molar-refractivity contribution in [3.8, 4) is 11.4 Å². The second-order valence-corrected chi connectivity index (χ2v) is 5.04. The number of aromatic nitrogens is 3. The monoisotopic (exact) mass is 264 g/mol. The van der Waals surface area contributed by atoms with Gasteiger partial charge in [0.15, 0.2) is 5.82 Å². The summed E-state index contributed by atoms with van der Waals surface area (Å²) in [5.74, 6) is 0.392. The topological polar surface area (TPSA) is 56.7 Å². The van der Waals surface area contributed by atoms with Crippen LogP contribution in [0.25, 0.3) is 11.4 Å². The van der Waals surface area contributed by atoms with Gasteiger partial charge in [-0.25, -0.2) is 8.78 Å². The first-order chi connectivity index (χ1) is 9.06. The van der Waals surface area contributed by atoms with Gasteiger partial charge in [0, 0.05) is 19.0 Å². The lowest BCUT2D eigenvalue weighted by Crippen LogP contribution is -2.18. The summed E-state index contributed by atoms with van der Waals surface area (Å²) in [6, 6.07) is 2.07. The van der Waals surface area contributed by atoms with E-state index in [9.17, 15) is 8.78 Å². The van der Waals surface area contributed by atoms with Gasteiger partial charge < -0.3 is 10.3 Å². The maximum atomic E-state index is 13.9. The smallest absolute Gasteiger partial charge is 0.167 e. The van der Waals surface area contributed by atoms with Crippen LogP contribution in [0.3, 0.4) is 0 Å². The highest BCUT2D eigenvalue weighted by molar-refractivity contribution is 5.62. The van der Waals surface area contributed by atoms with Crippen molar-refractivity contribution in [3.63, 3.8) is 0 Å². The number of benzene rings is 1. The average molecular weight is 264 g/mol. The van der Waals surface area contributed by atoms with Crippen molar-refractivity contribution in [2.75, 3.05) is 5.73 Å². The van der Waals surface area contributed by atoms with Crippen LogP contribution in [-0.2, 0) is 13.0 Å². The molecule has 0 amide bonds. The second-order valence-electron chi connectivity index (χ2n) is 5.04. The number of nitrogen functional groups attached to an aromatic ring is 1. The molecule has 0 radical (unpaired) electrons. The van der Waals surface area contributed by atoms with Crippen LogP contribution in [0.4, 0.5) is 14.5 Å². The molecule has 0 fully saturated rings. The van der Waals surface area contributed by atoms with Crippen LogP contribution in [0, 0.1) is 17.6 Å². The fourth-order valence-corrected chi connectivity index (χ4v) is 2.42. The standard InChI is InChI=1S/C13H14F2N4/c1-7-2-3-19-12(4-7)17-18-13(19)8-5-11(16)10(15)6-9(8)14/h5-7H,2-4,16H2,1H3. The molecule has 4 nitrogen and oxygen atoms in total. The molecule has 1 aliphatic heterocycles. The van der Waals surface area contributed by atoms with Gasteiger partial charge >= 0.3 is 0 Å². The third-order valence-electron chi connectivity index (χ3n) is 3.53. The van der Waals surface area contributed by atoms with Gasteiger partial charge in [0.2, 0.25) is 0 Å². The first-order valence-corrected chi connectivity index (χ1v) is 6.23. The molecule has 0 saturated heterocycles. The van der Waals surface area contributed by atoms with Crippen LogP contribution < -0.4 is 5.73 Å². The van der Waals surface area contributed by atoms with E-state index in [1.54, 1.807) is 0 Å². The summed E-state index contributed by atoms with van der Waals surface area (Å²) < 4.78 is 28.9. The summed E-state index contributed by atoms with van der Waals surface area (Å²) >= 11 is 0. The van der Waals surface area contributed by atoms with Crippen molar-refractivity contribution < 1.29 is 8.78 Å². The van der Waals surface area contributed by atoms with Crippen LogP contribution in [0.15, 0.2) is 12.1 Å². The van der Waals surface area contributed by atoms with Crippen molar-refractivity contribution in [1.29, 1.82) is 0 Å². The van der Waals surface area contributed by atoms with Crippen LogP contribution in [0.2, 0.25) is 0 Å². The molecule has 1 aliphatic rings. The van der Waals surface area contributed by atoms with Crippen LogP contribution in [0.5, 0.6) is 0 Å². The van der Waals surface area contributed by atoms with Gasteiger partial charge in [-0.2, -0.15) is 0 Å². The minimum absolute atomic E-state index is 0.0853. The zero-order valence-electron chi connectivity index (χ0n) is 10.5. The molecular weight excluding hydrogens is 250 g/mol. The Bertz CT molecular complexity index is 636. The summed E-state index contributed by atoms with van der Waals surface area (Å²) in [5, 5.41) is 8.12. The van der Waals surface area contributed by atoms with Gasteiger partial charge in [-0.05, 0) is 18.4 Å². The molecule has 2 heterocycles. The fourth-order valence-electron chi connectivity index (χ4n) is 2.42. The molecule has 100 valence electrons. The zero-order valence-corrected chi connectivity index (χ0v) is 10.5. The van der Waals surface area contributed by atoms with E-state index in [0.29, 0.717) is 11.7 Å². The van der Waals surface area contributed by atoms with Crippen molar-refractivity contribution in [3.05, 3.63) is 29.6 Å². The van der Waals surface area contributed by atoms with Crippen LogP contribution in [0.1, 0.15) is 19.2 Å². The van der Waals surface area contributed by atoms with Gasteiger partial charge in [0.05, 0.1) is 11.3 Å². The zero-order chi connectivity index (χ0) is 13.6. The van der Waals surface area contributed by atoms with Crippen LogP contribution >= 0.6 is 0 Å². The van der Waals surface area contributed by atoms with E-state index in [4.69, 9.17) is 5.73 Å². The van der Waals surface area contributed by atoms with Gasteiger partial charge in [-0.1, -0.05) is 6.92 Å². The van der Waals surface area contributed by atoms with Crippen molar-refractivity contribution in [1.82, 2.24) is 14.8 Å². The highest BCUT2D eigenvalue weighted by atomic mass is 19.1. The van der Waals surface area contributed by atoms with Crippen molar-refractivity contribution in [2.24, 2.45) is 5.92 Å². The Labute approximate surface area is 109 Å². The maximum absolute atomic E-state index is 13.9. The lowest BCUT2D eigenvalue weighted by Gasteiger charge is -2.20. The minimum Gasteiger partial charge on any atom is -0.396 e. The largest absolute Gasteiger partial charge is 0.396 e. The van der Waals surface area contributed by atoms with Crippen molar-refractivity contribution >= 4 is 5.69 Å². The number of rotatable bonds is 1. The lowest BCUT2D eigenvalue weighted by atomic mass is 10.00. The van der Waals surface area contributed by atoms with Crippen molar-refractivity contribution in [2.45, 2.75) is 26.3 Å². The lowest BCUT2D eigenvalue weighted by molar-refractivity contribution is 0.411. The molecule has 0 spiro atoms. The van der Waals surface area contributed by atoms with E-state index in [1.807, 2.05) is 4.57 Å². The van der Waals surface area contributed by atoms with E-state index < -0.39 is 11.6 Å². The molecule has 2 aromatic rings. The summed E-state index contributed by atoms with van der Waals surface area (Å²) in [6.07, 6.45) is 1.82. The Balaban J connectivity index is 2.11. The minimum atomic E-state index is -0.756. The predicted molar refractivity (Wildman–Crippen MR) is 67.3 cm³/mol. The van der Waals surface area contributed by atoms with E-state index in [2.05, 4.69) is 17.1 Å². The molecule has 1 atom stereocenters. The number of anilines is 1. The summed E-state index contributed by atoms with van der Waals surface area (Å²) in [4.78, 5) is 0. The Hall–Kier alpha value is -1.98. The number of nitrogens with zero attached hydrogens (tertiary/aromatic N) is 3. The molecule has 1 unspecified atom stereocenters. The molecule has 0 bridgehead atoms. The average Bonchev–Trinajstić information content (AvgIpc) is 2.76. The molecule has 1 aromatic carbocycles. The number of hydrogen-bond acceptors (Lipinski definition) is 3. The van der Waals surface area contributed by atoms with Crippen LogP contribution in [-0.4, -0.2) is 14.8 Å².